The first kappa shape index (κ1) is 11.2. The number of pyridine rings is 1. The molecule has 0 aliphatic heterocycles. The molecular formula is C13H16N2. The largest absolute Gasteiger partial charge is 0.397 e. The number of hydrogen-bond donors (Lipinski definition) is 1. The third-order valence-corrected chi connectivity index (χ3v) is 1.95. The van der Waals surface area contributed by atoms with Crippen molar-refractivity contribution in [3.8, 4) is 0 Å². The number of hydrogen-bond acceptors (Lipinski definition) is 2. The van der Waals surface area contributed by atoms with Crippen molar-refractivity contribution in [1.82, 2.24) is 4.98 Å². The lowest BCUT2D eigenvalue weighted by molar-refractivity contribution is 1.16. The van der Waals surface area contributed by atoms with Gasteiger partial charge < -0.3 is 5.73 Å². The van der Waals surface area contributed by atoms with E-state index in [-0.39, 0.29) is 0 Å². The maximum atomic E-state index is 5.92. The predicted molar refractivity (Wildman–Crippen MR) is 65.1 cm³/mol. The molecule has 1 rings (SSSR count). The Morgan fingerprint density at radius 2 is 2.20 bits per heavy atom. The molecule has 0 saturated carbocycles. The van der Waals surface area contributed by atoms with Crippen LogP contribution in [0.15, 0.2) is 48.6 Å². The van der Waals surface area contributed by atoms with Gasteiger partial charge in [0.05, 0.1) is 11.4 Å². The summed E-state index contributed by atoms with van der Waals surface area (Å²) in [6, 6.07) is 5.80. The van der Waals surface area contributed by atoms with E-state index < -0.39 is 0 Å². The highest BCUT2D eigenvalue weighted by atomic mass is 14.8. The molecule has 0 aliphatic carbocycles. The van der Waals surface area contributed by atoms with Crippen LogP contribution in [0, 0.1) is 6.92 Å². The van der Waals surface area contributed by atoms with E-state index in [1.807, 2.05) is 44.2 Å². The first-order chi connectivity index (χ1) is 7.13. The van der Waals surface area contributed by atoms with Gasteiger partial charge in [-0.2, -0.15) is 0 Å². The summed E-state index contributed by atoms with van der Waals surface area (Å²) in [5.41, 5.74) is 9.43. The summed E-state index contributed by atoms with van der Waals surface area (Å²) < 4.78 is 0. The lowest BCUT2D eigenvalue weighted by Crippen LogP contribution is -2.00. The number of aromatic nitrogens is 1. The zero-order valence-corrected chi connectivity index (χ0v) is 9.20. The van der Waals surface area contributed by atoms with Crippen molar-refractivity contribution in [3.05, 3.63) is 60.0 Å². The highest BCUT2D eigenvalue weighted by Crippen LogP contribution is 2.09. The first-order valence-electron chi connectivity index (χ1n) is 4.84. The van der Waals surface area contributed by atoms with Gasteiger partial charge in [-0.25, -0.2) is 0 Å². The summed E-state index contributed by atoms with van der Waals surface area (Å²) in [6.45, 7) is 7.56. The smallest absolute Gasteiger partial charge is 0.0862 e. The Morgan fingerprint density at radius 3 is 2.80 bits per heavy atom. The molecule has 0 aromatic carbocycles. The highest BCUT2D eigenvalue weighted by Gasteiger charge is 1.97. The van der Waals surface area contributed by atoms with Crippen LogP contribution in [0.25, 0.3) is 5.70 Å². The average Bonchev–Trinajstić information content (AvgIpc) is 2.18. The van der Waals surface area contributed by atoms with Gasteiger partial charge in [0.25, 0.3) is 0 Å². The summed E-state index contributed by atoms with van der Waals surface area (Å²) >= 11 is 0. The molecule has 0 fully saturated rings. The molecule has 0 saturated heterocycles. The van der Waals surface area contributed by atoms with Gasteiger partial charge in [-0.05, 0) is 37.6 Å². The van der Waals surface area contributed by atoms with Gasteiger partial charge in [0.15, 0.2) is 0 Å². The molecule has 2 heteroatoms. The zero-order chi connectivity index (χ0) is 11.3. The van der Waals surface area contributed by atoms with Gasteiger partial charge in [0, 0.05) is 5.69 Å². The lowest BCUT2D eigenvalue weighted by atomic mass is 10.2. The molecule has 78 valence electrons. The summed E-state index contributed by atoms with van der Waals surface area (Å²) in [7, 11) is 0. The van der Waals surface area contributed by atoms with Crippen LogP contribution >= 0.6 is 0 Å². The maximum Gasteiger partial charge on any atom is 0.0862 e. The minimum absolute atomic E-state index is 0.675. The van der Waals surface area contributed by atoms with E-state index in [1.54, 1.807) is 6.08 Å². The zero-order valence-electron chi connectivity index (χ0n) is 9.20. The predicted octanol–water partition coefficient (Wildman–Crippen LogP) is 2.82. The van der Waals surface area contributed by atoms with E-state index in [0.29, 0.717) is 5.70 Å². The molecule has 0 atom stereocenters. The van der Waals surface area contributed by atoms with Crippen LogP contribution in [0.3, 0.4) is 0 Å². The lowest BCUT2D eigenvalue weighted by Gasteiger charge is -2.02. The van der Waals surface area contributed by atoms with Crippen molar-refractivity contribution >= 4 is 5.70 Å². The second kappa shape index (κ2) is 5.15. The van der Waals surface area contributed by atoms with Crippen LogP contribution in [0.5, 0.6) is 0 Å². The number of allylic oxidation sites excluding steroid dienone is 4. The minimum Gasteiger partial charge on any atom is -0.397 e. The van der Waals surface area contributed by atoms with E-state index in [2.05, 4.69) is 11.6 Å². The molecular weight excluding hydrogens is 184 g/mol. The van der Waals surface area contributed by atoms with Crippen molar-refractivity contribution in [2.24, 2.45) is 5.73 Å². The van der Waals surface area contributed by atoms with Gasteiger partial charge in [-0.3, -0.25) is 4.98 Å². The molecule has 0 unspecified atom stereocenters. The highest BCUT2D eigenvalue weighted by molar-refractivity contribution is 5.62. The van der Waals surface area contributed by atoms with Crippen molar-refractivity contribution in [1.29, 1.82) is 0 Å². The Balaban J connectivity index is 2.98. The maximum absolute atomic E-state index is 5.92. The van der Waals surface area contributed by atoms with E-state index in [4.69, 9.17) is 5.73 Å². The number of nitrogens with zero attached hydrogens (tertiary/aromatic N) is 1. The Hall–Kier alpha value is -1.83. The molecule has 0 bridgehead atoms. The molecule has 0 radical (unpaired) electrons. The van der Waals surface area contributed by atoms with Crippen LogP contribution in [0.4, 0.5) is 0 Å². The standard InChI is InChI=1S/C13H16N2/c1-4-6-10(2)9-12(14)13-8-5-7-11(3)15-13/h4-9H,1,14H2,2-3H3/b10-6-,12-9-. The molecule has 0 spiro atoms. The summed E-state index contributed by atoms with van der Waals surface area (Å²) in [5, 5.41) is 0. The van der Waals surface area contributed by atoms with Crippen LogP contribution in [-0.2, 0) is 0 Å². The van der Waals surface area contributed by atoms with E-state index in [1.165, 1.54) is 0 Å². The third-order valence-electron chi connectivity index (χ3n) is 1.95. The Morgan fingerprint density at radius 1 is 1.47 bits per heavy atom. The monoisotopic (exact) mass is 200 g/mol. The molecule has 1 aromatic heterocycles. The van der Waals surface area contributed by atoms with Gasteiger partial charge in [-0.1, -0.05) is 24.8 Å². The first-order valence-corrected chi connectivity index (χ1v) is 4.84. The van der Waals surface area contributed by atoms with Crippen molar-refractivity contribution in [3.63, 3.8) is 0 Å². The van der Waals surface area contributed by atoms with E-state index in [0.717, 1.165) is 17.0 Å². The number of rotatable bonds is 3. The van der Waals surface area contributed by atoms with Crippen molar-refractivity contribution < 1.29 is 0 Å². The quantitative estimate of drug-likeness (QED) is 0.762. The number of aryl methyl sites for hydroxylation is 1. The fourth-order valence-electron chi connectivity index (χ4n) is 1.26. The number of nitrogens with two attached hydrogens (primary N) is 1. The molecule has 1 aromatic rings. The van der Waals surface area contributed by atoms with Gasteiger partial charge >= 0.3 is 0 Å². The molecule has 0 amide bonds. The third kappa shape index (κ3) is 3.43. The summed E-state index contributed by atoms with van der Waals surface area (Å²) in [4.78, 5) is 4.34. The molecule has 0 aliphatic rings. The normalized spacial score (nSPS) is 12.7. The van der Waals surface area contributed by atoms with Crippen molar-refractivity contribution in [2.75, 3.05) is 0 Å². The summed E-state index contributed by atoms with van der Waals surface area (Å²) in [5.74, 6) is 0. The van der Waals surface area contributed by atoms with Crippen LogP contribution in [0.1, 0.15) is 18.3 Å². The Kier molecular flexibility index (Phi) is 3.86. The molecule has 2 N–H and O–H groups in total. The van der Waals surface area contributed by atoms with Gasteiger partial charge in [-0.15, -0.1) is 0 Å². The fourth-order valence-corrected chi connectivity index (χ4v) is 1.26. The van der Waals surface area contributed by atoms with E-state index in [9.17, 15) is 0 Å². The topological polar surface area (TPSA) is 38.9 Å². The molecule has 15 heavy (non-hydrogen) atoms. The summed E-state index contributed by atoms with van der Waals surface area (Å²) in [6.07, 6.45) is 5.54. The van der Waals surface area contributed by atoms with Crippen LogP contribution in [0.2, 0.25) is 0 Å². The van der Waals surface area contributed by atoms with E-state index >= 15 is 0 Å². The molecule has 2 nitrogen and oxygen atoms in total. The molecule has 1 heterocycles. The average molecular weight is 200 g/mol. The van der Waals surface area contributed by atoms with Crippen LogP contribution < -0.4 is 5.73 Å². The van der Waals surface area contributed by atoms with Gasteiger partial charge in [0.2, 0.25) is 0 Å². The van der Waals surface area contributed by atoms with Crippen LogP contribution in [-0.4, -0.2) is 4.98 Å². The van der Waals surface area contributed by atoms with Crippen molar-refractivity contribution in [2.45, 2.75) is 13.8 Å². The second-order valence-electron chi connectivity index (χ2n) is 3.41. The Labute approximate surface area is 90.8 Å². The van der Waals surface area contributed by atoms with Gasteiger partial charge in [0.1, 0.15) is 0 Å². The fraction of sp³-hybridized carbons (Fsp3) is 0.154. The SMILES string of the molecule is C=C/C=C(C)\C=C(/N)c1cccc(C)n1. The second-order valence-corrected chi connectivity index (χ2v) is 3.41. The Bertz CT molecular complexity index is 414. The minimum atomic E-state index is 0.675.